The van der Waals surface area contributed by atoms with Crippen molar-refractivity contribution in [2.75, 3.05) is 27.3 Å². The van der Waals surface area contributed by atoms with Gasteiger partial charge in [0.1, 0.15) is 11.5 Å². The molecule has 1 aliphatic heterocycles. The summed E-state index contributed by atoms with van der Waals surface area (Å²) in [7, 11) is 3.17. The highest BCUT2D eigenvalue weighted by molar-refractivity contribution is 5.97. The van der Waals surface area contributed by atoms with E-state index in [1.165, 1.54) is 0 Å². The SMILES string of the molecule is COc1cccc(CNC(=O)[C@@]2(C)CCCN(C(=O)c3ccccc3OC)C2)c1. The Morgan fingerprint density at radius 3 is 2.66 bits per heavy atom. The van der Waals surface area contributed by atoms with Crippen LogP contribution in [-0.2, 0) is 11.3 Å². The van der Waals surface area contributed by atoms with Gasteiger partial charge in [-0.2, -0.15) is 0 Å². The second-order valence-corrected chi connectivity index (χ2v) is 7.63. The zero-order chi connectivity index (χ0) is 20.9. The van der Waals surface area contributed by atoms with E-state index in [-0.39, 0.29) is 11.8 Å². The van der Waals surface area contributed by atoms with Crippen molar-refractivity contribution < 1.29 is 19.1 Å². The fourth-order valence-corrected chi connectivity index (χ4v) is 3.77. The average Bonchev–Trinajstić information content (AvgIpc) is 2.77. The molecule has 6 nitrogen and oxygen atoms in total. The summed E-state index contributed by atoms with van der Waals surface area (Å²) in [4.78, 5) is 27.8. The maximum atomic E-state index is 13.0. The average molecular weight is 396 g/mol. The largest absolute Gasteiger partial charge is 0.497 e. The zero-order valence-electron chi connectivity index (χ0n) is 17.2. The first kappa shape index (κ1) is 20.7. The molecular formula is C23H28N2O4. The summed E-state index contributed by atoms with van der Waals surface area (Å²) < 4.78 is 10.6. The molecule has 29 heavy (non-hydrogen) atoms. The maximum absolute atomic E-state index is 13.0. The highest BCUT2D eigenvalue weighted by Crippen LogP contribution is 2.32. The van der Waals surface area contributed by atoms with Crippen molar-refractivity contribution in [1.29, 1.82) is 0 Å². The number of hydrogen-bond donors (Lipinski definition) is 1. The molecular weight excluding hydrogens is 368 g/mol. The van der Waals surface area contributed by atoms with Crippen molar-refractivity contribution in [3.05, 3.63) is 59.7 Å². The number of nitrogens with one attached hydrogen (secondary N) is 1. The third-order valence-electron chi connectivity index (χ3n) is 5.46. The number of para-hydroxylation sites is 1. The summed E-state index contributed by atoms with van der Waals surface area (Å²) >= 11 is 0. The van der Waals surface area contributed by atoms with Gasteiger partial charge in [0, 0.05) is 19.6 Å². The Bertz CT molecular complexity index is 883. The lowest BCUT2D eigenvalue weighted by Gasteiger charge is -2.39. The van der Waals surface area contributed by atoms with Gasteiger partial charge < -0.3 is 19.7 Å². The lowest BCUT2D eigenvalue weighted by molar-refractivity contribution is -0.132. The highest BCUT2D eigenvalue weighted by Gasteiger charge is 2.39. The summed E-state index contributed by atoms with van der Waals surface area (Å²) in [5.74, 6) is 1.16. The summed E-state index contributed by atoms with van der Waals surface area (Å²) in [6.07, 6.45) is 1.52. The number of piperidine rings is 1. The van der Waals surface area contributed by atoms with Crippen LogP contribution in [0.3, 0.4) is 0 Å². The lowest BCUT2D eigenvalue weighted by atomic mass is 9.80. The predicted octanol–water partition coefficient (Wildman–Crippen LogP) is 3.26. The Balaban J connectivity index is 1.67. The summed E-state index contributed by atoms with van der Waals surface area (Å²) in [5.41, 5.74) is 0.865. The minimum Gasteiger partial charge on any atom is -0.497 e. The molecule has 0 aromatic heterocycles. The van der Waals surface area contributed by atoms with Gasteiger partial charge in [0.2, 0.25) is 5.91 Å². The molecule has 6 heteroatoms. The molecule has 0 aliphatic carbocycles. The first-order valence-corrected chi connectivity index (χ1v) is 9.80. The molecule has 1 N–H and O–H groups in total. The summed E-state index contributed by atoms with van der Waals surface area (Å²) in [6.45, 7) is 3.37. The van der Waals surface area contributed by atoms with E-state index in [0.29, 0.717) is 30.9 Å². The molecule has 154 valence electrons. The normalized spacial score (nSPS) is 18.8. The van der Waals surface area contributed by atoms with Crippen molar-refractivity contribution in [2.24, 2.45) is 5.41 Å². The number of likely N-dealkylation sites (tertiary alicyclic amines) is 1. The number of ether oxygens (including phenoxy) is 2. The van der Waals surface area contributed by atoms with Crippen LogP contribution in [-0.4, -0.2) is 44.0 Å². The van der Waals surface area contributed by atoms with Gasteiger partial charge in [0.25, 0.3) is 5.91 Å². The van der Waals surface area contributed by atoms with Crippen molar-refractivity contribution >= 4 is 11.8 Å². The van der Waals surface area contributed by atoms with Gasteiger partial charge in [-0.25, -0.2) is 0 Å². The smallest absolute Gasteiger partial charge is 0.257 e. The minimum absolute atomic E-state index is 0.0437. The fraction of sp³-hybridized carbons (Fsp3) is 0.391. The molecule has 0 bridgehead atoms. The monoisotopic (exact) mass is 396 g/mol. The Morgan fingerprint density at radius 1 is 1.10 bits per heavy atom. The van der Waals surface area contributed by atoms with Crippen LogP contribution in [0, 0.1) is 5.41 Å². The number of benzene rings is 2. The molecule has 0 saturated carbocycles. The number of carbonyl (C=O) groups excluding carboxylic acids is 2. The number of rotatable bonds is 6. The van der Waals surface area contributed by atoms with Gasteiger partial charge in [-0.3, -0.25) is 9.59 Å². The van der Waals surface area contributed by atoms with E-state index in [1.54, 1.807) is 31.3 Å². The molecule has 1 aliphatic rings. The summed E-state index contributed by atoms with van der Waals surface area (Å²) in [5, 5.41) is 3.03. The number of nitrogens with zero attached hydrogens (tertiary/aromatic N) is 1. The molecule has 1 saturated heterocycles. The van der Waals surface area contributed by atoms with E-state index >= 15 is 0 Å². The van der Waals surface area contributed by atoms with Crippen molar-refractivity contribution in [2.45, 2.75) is 26.3 Å². The van der Waals surface area contributed by atoms with E-state index in [1.807, 2.05) is 43.3 Å². The predicted molar refractivity (Wildman–Crippen MR) is 111 cm³/mol. The number of amides is 2. The Labute approximate surface area is 171 Å². The standard InChI is InChI=1S/C23H28N2O4/c1-23(22(27)24-15-17-8-6-9-18(14-17)28-2)12-7-13-25(16-23)21(26)19-10-4-5-11-20(19)29-3/h4-6,8-11,14H,7,12-13,15-16H2,1-3H3,(H,24,27)/t23-/m0/s1. The van der Waals surface area contributed by atoms with Crippen LogP contribution in [0.2, 0.25) is 0 Å². The van der Waals surface area contributed by atoms with Crippen LogP contribution in [0.5, 0.6) is 11.5 Å². The van der Waals surface area contributed by atoms with Crippen LogP contribution in [0.25, 0.3) is 0 Å². The van der Waals surface area contributed by atoms with Crippen molar-refractivity contribution in [1.82, 2.24) is 10.2 Å². The fourth-order valence-electron chi connectivity index (χ4n) is 3.77. The van der Waals surface area contributed by atoms with E-state index in [9.17, 15) is 9.59 Å². The van der Waals surface area contributed by atoms with E-state index in [4.69, 9.17) is 9.47 Å². The van der Waals surface area contributed by atoms with Gasteiger partial charge in [-0.1, -0.05) is 24.3 Å². The molecule has 2 aromatic rings. The van der Waals surface area contributed by atoms with Crippen molar-refractivity contribution in [3.8, 4) is 11.5 Å². The Kier molecular flexibility index (Phi) is 6.42. The van der Waals surface area contributed by atoms with Gasteiger partial charge in [0.05, 0.1) is 25.2 Å². The Morgan fingerprint density at radius 2 is 1.90 bits per heavy atom. The molecule has 0 unspecified atom stereocenters. The van der Waals surface area contributed by atoms with Crippen molar-refractivity contribution in [3.63, 3.8) is 0 Å². The second-order valence-electron chi connectivity index (χ2n) is 7.63. The molecule has 0 radical (unpaired) electrons. The lowest BCUT2D eigenvalue weighted by Crippen LogP contribution is -2.51. The third-order valence-corrected chi connectivity index (χ3v) is 5.46. The van der Waals surface area contributed by atoms with Gasteiger partial charge >= 0.3 is 0 Å². The zero-order valence-corrected chi connectivity index (χ0v) is 17.2. The van der Waals surface area contributed by atoms with Gasteiger partial charge in [-0.15, -0.1) is 0 Å². The first-order valence-electron chi connectivity index (χ1n) is 9.80. The van der Waals surface area contributed by atoms with Gasteiger partial charge in [0.15, 0.2) is 0 Å². The van der Waals surface area contributed by atoms with E-state index in [0.717, 1.165) is 24.2 Å². The molecule has 1 heterocycles. The van der Waals surface area contributed by atoms with Crippen LogP contribution in [0.1, 0.15) is 35.7 Å². The topological polar surface area (TPSA) is 67.9 Å². The Hall–Kier alpha value is -3.02. The van der Waals surface area contributed by atoms with Crippen LogP contribution < -0.4 is 14.8 Å². The molecule has 0 spiro atoms. The van der Waals surface area contributed by atoms with Crippen LogP contribution >= 0.6 is 0 Å². The van der Waals surface area contributed by atoms with Crippen LogP contribution in [0.15, 0.2) is 48.5 Å². The number of carbonyl (C=O) groups is 2. The molecule has 2 amide bonds. The van der Waals surface area contributed by atoms with E-state index < -0.39 is 5.41 Å². The number of methoxy groups -OCH3 is 2. The molecule has 3 rings (SSSR count). The second kappa shape index (κ2) is 8.99. The van der Waals surface area contributed by atoms with Gasteiger partial charge in [-0.05, 0) is 49.6 Å². The quantitative estimate of drug-likeness (QED) is 0.814. The number of hydrogen-bond acceptors (Lipinski definition) is 4. The molecule has 2 aromatic carbocycles. The first-order chi connectivity index (χ1) is 14.0. The maximum Gasteiger partial charge on any atom is 0.257 e. The minimum atomic E-state index is -0.630. The molecule has 1 fully saturated rings. The van der Waals surface area contributed by atoms with E-state index in [2.05, 4.69) is 5.32 Å². The third kappa shape index (κ3) is 4.70. The van der Waals surface area contributed by atoms with Crippen LogP contribution in [0.4, 0.5) is 0 Å². The highest BCUT2D eigenvalue weighted by atomic mass is 16.5. The molecule has 1 atom stereocenters. The summed E-state index contributed by atoms with van der Waals surface area (Å²) in [6, 6.07) is 14.8.